The Bertz CT molecular complexity index is 6880. The molecule has 9 aliphatic rings. The Labute approximate surface area is 738 Å². The van der Waals surface area contributed by atoms with Crippen LogP contribution in [0.1, 0.15) is 193 Å². The molecular formula is C123H106N2. The van der Waals surface area contributed by atoms with Gasteiger partial charge in [-0.05, 0) is 286 Å². The molecule has 0 heterocycles. The topological polar surface area (TPSA) is 6.48 Å². The van der Waals surface area contributed by atoms with Gasteiger partial charge in [0.05, 0.1) is 16.5 Å². The van der Waals surface area contributed by atoms with Crippen LogP contribution in [-0.4, -0.2) is 0 Å². The predicted octanol–water partition coefficient (Wildman–Crippen LogP) is 31.2. The van der Waals surface area contributed by atoms with Crippen LogP contribution < -0.4 is 9.80 Å². The molecule has 5 fully saturated rings. The first-order valence-electron chi connectivity index (χ1n) is 46.4. The van der Waals surface area contributed by atoms with E-state index < -0.39 is 10.8 Å². The van der Waals surface area contributed by atoms with E-state index in [2.05, 4.69) is 439 Å². The molecule has 0 radical (unpaired) electrons. The lowest BCUT2D eigenvalue weighted by molar-refractivity contribution is 0.0575. The van der Waals surface area contributed by atoms with Crippen LogP contribution in [0.15, 0.2) is 395 Å². The van der Waals surface area contributed by atoms with Crippen molar-refractivity contribution >= 4 is 44.9 Å². The first kappa shape index (κ1) is 75.8. The van der Waals surface area contributed by atoms with Gasteiger partial charge in [-0.3, -0.25) is 0 Å². The van der Waals surface area contributed by atoms with E-state index in [0.29, 0.717) is 29.6 Å². The van der Waals surface area contributed by atoms with Gasteiger partial charge in [0, 0.05) is 55.7 Å². The highest BCUT2D eigenvalue weighted by atomic mass is 15.2. The Morgan fingerprint density at radius 2 is 0.696 bits per heavy atom. The Hall–Kier alpha value is -12.9. The normalized spacial score (nSPS) is 22.9. The second-order valence-corrected chi connectivity index (χ2v) is 39.3. The summed E-state index contributed by atoms with van der Waals surface area (Å²) in [4.78, 5) is 5.29. The minimum absolute atomic E-state index is 0.182. The van der Waals surface area contributed by atoms with Gasteiger partial charge in [-0.15, -0.1) is 6.58 Å². The Kier molecular flexibility index (Phi) is 17.3. The molecule has 4 bridgehead atoms. The fourth-order valence-corrected chi connectivity index (χ4v) is 28.0. The molecule has 2 heteroatoms. The van der Waals surface area contributed by atoms with Crippen LogP contribution >= 0.6 is 0 Å². The van der Waals surface area contributed by atoms with Gasteiger partial charge in [0.2, 0.25) is 0 Å². The number of rotatable bonds is 13. The molecule has 16 aromatic rings. The average Bonchev–Trinajstić information content (AvgIpc) is 1.50. The summed E-state index contributed by atoms with van der Waals surface area (Å²) >= 11 is 0. The van der Waals surface area contributed by atoms with E-state index >= 15 is 0 Å². The monoisotopic (exact) mass is 1610 g/mol. The summed E-state index contributed by atoms with van der Waals surface area (Å²) in [5.41, 5.74) is 35.7. The van der Waals surface area contributed by atoms with E-state index in [1.165, 1.54) is 169 Å². The molecule has 25 rings (SSSR count). The zero-order valence-electron chi connectivity index (χ0n) is 72.5. The van der Waals surface area contributed by atoms with Gasteiger partial charge in [-0.25, -0.2) is 0 Å². The van der Waals surface area contributed by atoms with Crippen molar-refractivity contribution in [2.24, 2.45) is 29.6 Å². The van der Waals surface area contributed by atoms with Crippen LogP contribution in [0.5, 0.6) is 0 Å². The third kappa shape index (κ3) is 10.7. The van der Waals surface area contributed by atoms with Crippen LogP contribution in [0.25, 0.3) is 44.2 Å². The number of benzene rings is 16. The van der Waals surface area contributed by atoms with Gasteiger partial charge in [-0.2, -0.15) is 0 Å². The molecule has 0 N–H and O–H groups in total. The van der Waals surface area contributed by atoms with Crippen LogP contribution in [-0.2, 0) is 37.9 Å². The van der Waals surface area contributed by atoms with Crippen molar-refractivity contribution in [1.82, 2.24) is 0 Å². The number of nitrogens with zero attached hydrogens (tertiary/aromatic N) is 2. The van der Waals surface area contributed by atoms with Crippen molar-refractivity contribution in [2.75, 3.05) is 9.80 Å². The number of para-hydroxylation sites is 1. The SMILES string of the molecule is C=CC1C[C@H]2CCC[C@@H](C1)C21c2ccccc2C(c2ccccc2)(c2ccccc2)c2cc(N(c3ccc4c(c3)C(C)(C)c3ccccc3-4)c3ccc4c(C56CCC[C@H](C[C@H]5C)C5(C6)c6ccccc6C(c6ccccc6)(c6ccccc6)c6cc(N(c7ccc8c(c7)C(C)(C)c7ccccc7-8)c7ccccc7-c7ccccc7)ccc65)cccc4c3)ccc21. The molecular weight excluding hydrogens is 1510 g/mol. The van der Waals surface area contributed by atoms with Crippen LogP contribution in [0.4, 0.5) is 34.1 Å². The van der Waals surface area contributed by atoms with Gasteiger partial charge in [0.1, 0.15) is 0 Å². The summed E-state index contributed by atoms with van der Waals surface area (Å²) < 4.78 is 0. The lowest BCUT2D eigenvalue weighted by atomic mass is 9.42. The number of anilines is 6. The van der Waals surface area contributed by atoms with Crippen molar-refractivity contribution in [3.8, 4) is 33.4 Å². The minimum Gasteiger partial charge on any atom is -0.310 e. The van der Waals surface area contributed by atoms with E-state index in [1.54, 1.807) is 0 Å². The van der Waals surface area contributed by atoms with Crippen LogP contribution in [0.3, 0.4) is 0 Å². The first-order chi connectivity index (χ1) is 61.3. The van der Waals surface area contributed by atoms with E-state index in [4.69, 9.17) is 0 Å². The molecule has 0 aromatic heterocycles. The summed E-state index contributed by atoms with van der Waals surface area (Å²) in [6.07, 6.45) is 13.8. The van der Waals surface area contributed by atoms with E-state index in [-0.39, 0.29) is 27.1 Å². The molecule has 2 nitrogen and oxygen atoms in total. The zero-order chi connectivity index (χ0) is 83.8. The van der Waals surface area contributed by atoms with E-state index in [0.717, 1.165) is 67.7 Å². The van der Waals surface area contributed by atoms with Gasteiger partial charge in [0.15, 0.2) is 0 Å². The van der Waals surface area contributed by atoms with Crippen molar-refractivity contribution in [3.63, 3.8) is 0 Å². The summed E-state index contributed by atoms with van der Waals surface area (Å²) in [6.45, 7) is 16.9. The smallest absolute Gasteiger partial charge is 0.0708 e. The highest BCUT2D eigenvalue weighted by molar-refractivity contribution is 5.96. The number of hydrogen-bond donors (Lipinski definition) is 0. The fraction of sp³-hybridized carbons (Fsp3) is 0.220. The van der Waals surface area contributed by atoms with Crippen molar-refractivity contribution < 1.29 is 0 Å². The second kappa shape index (κ2) is 28.6. The van der Waals surface area contributed by atoms with Gasteiger partial charge >= 0.3 is 0 Å². The molecule has 5 saturated carbocycles. The molecule has 4 unspecified atom stereocenters. The lowest BCUT2D eigenvalue weighted by Crippen LogP contribution is -2.55. The maximum Gasteiger partial charge on any atom is 0.0708 e. The maximum absolute atomic E-state index is 4.52. The van der Waals surface area contributed by atoms with E-state index in [1.807, 2.05) is 0 Å². The third-order valence-electron chi connectivity index (χ3n) is 33.2. The number of fused-ring (bicyclic) bond motifs is 14. The zero-order valence-corrected chi connectivity index (χ0v) is 72.5. The summed E-state index contributed by atoms with van der Waals surface area (Å²) in [5, 5.41) is 2.63. The van der Waals surface area contributed by atoms with Crippen LogP contribution in [0.2, 0.25) is 0 Å². The fourth-order valence-electron chi connectivity index (χ4n) is 28.0. The molecule has 608 valence electrons. The molecule has 16 aromatic carbocycles. The summed E-state index contributed by atoms with van der Waals surface area (Å²) in [5.74, 6) is 2.18. The molecule has 125 heavy (non-hydrogen) atoms. The predicted molar refractivity (Wildman–Crippen MR) is 520 cm³/mol. The molecule has 8 atom stereocenters. The highest BCUT2D eigenvalue weighted by Gasteiger charge is 2.64. The van der Waals surface area contributed by atoms with Crippen LogP contribution in [0, 0.1) is 29.6 Å². The van der Waals surface area contributed by atoms with E-state index in [9.17, 15) is 0 Å². The molecule has 0 aliphatic heterocycles. The highest BCUT2D eigenvalue weighted by Crippen LogP contribution is 2.71. The Morgan fingerprint density at radius 1 is 0.304 bits per heavy atom. The molecule has 9 aliphatic carbocycles. The van der Waals surface area contributed by atoms with Gasteiger partial charge in [0.25, 0.3) is 0 Å². The Morgan fingerprint density at radius 3 is 1.25 bits per heavy atom. The standard InChI is InChI=1S/C123H106N2/c1-7-82-73-90-47-34-48-91(74-82)123(90)110-58-31-30-57-109(110)122(87-43-19-11-20-44-87,88-45-21-12-22-46-88)115-78-94(65-70-111(115)123)124(93-62-67-101-99-51-23-26-53-103(99)117(3,4)112(101)76-93)92-61-66-97-84(75-92)38-33-59-105(97)119-71-35-49-89(72-81(119)2)120(80-119)106-55-28-29-56-108(106)121(85-39-15-9-16-40-85,86-41-17-10-18-42-86)114-79-96(64-69-107(114)120)125(116-60-32-25-50-98(116)83-36-13-8-14-37-83)95-63-68-102-100-52-24-27-54-104(100)118(5,6)113(102)77-95/h7-33,36-46,50-70,75-79,81-82,89-91H,1,34-35,47-49,71-74,80H2,2-6H3/t81-,82?,89-,90-,91+,119?,120?,123?/m1/s1. The summed E-state index contributed by atoms with van der Waals surface area (Å²) in [6, 6.07) is 151. The number of hydrogen-bond acceptors (Lipinski definition) is 2. The van der Waals surface area contributed by atoms with Crippen molar-refractivity contribution in [3.05, 3.63) is 489 Å². The Balaban J connectivity index is 0.718. The molecule has 0 saturated heterocycles. The second-order valence-electron chi connectivity index (χ2n) is 39.3. The third-order valence-corrected chi connectivity index (χ3v) is 33.2. The first-order valence-corrected chi connectivity index (χ1v) is 46.4. The molecule has 2 spiro atoms. The van der Waals surface area contributed by atoms with Crippen molar-refractivity contribution in [1.29, 1.82) is 0 Å². The van der Waals surface area contributed by atoms with Crippen molar-refractivity contribution in [2.45, 2.75) is 137 Å². The van der Waals surface area contributed by atoms with Gasteiger partial charge in [-0.1, -0.05) is 369 Å². The minimum atomic E-state index is -0.717. The summed E-state index contributed by atoms with van der Waals surface area (Å²) in [7, 11) is 0. The average molecular weight is 1610 g/mol. The quantitative estimate of drug-likeness (QED) is 0.106. The number of allylic oxidation sites excluding steroid dienone is 1. The molecule has 0 amide bonds. The largest absolute Gasteiger partial charge is 0.310 e. The van der Waals surface area contributed by atoms with Gasteiger partial charge < -0.3 is 9.80 Å². The maximum atomic E-state index is 4.52. The lowest BCUT2D eigenvalue weighted by Gasteiger charge is -2.61.